The summed E-state index contributed by atoms with van der Waals surface area (Å²) < 4.78 is 66.1. The quantitative estimate of drug-likeness (QED) is 0.251. The first-order valence-corrected chi connectivity index (χ1v) is 14.7. The van der Waals surface area contributed by atoms with Crippen molar-refractivity contribution in [3.63, 3.8) is 0 Å². The number of fused-ring (bicyclic) bond motifs is 1. The van der Waals surface area contributed by atoms with Crippen LogP contribution in [0.4, 0.5) is 28.2 Å². The number of carbonyl (C=O) groups is 1. The van der Waals surface area contributed by atoms with E-state index >= 15 is 4.39 Å². The van der Waals surface area contributed by atoms with Gasteiger partial charge in [-0.05, 0) is 57.9 Å². The molecule has 14 heteroatoms. The van der Waals surface area contributed by atoms with Gasteiger partial charge in [0, 0.05) is 37.4 Å². The number of piperazine rings is 1. The highest BCUT2D eigenvalue weighted by Gasteiger charge is 2.34. The Hall–Kier alpha value is -4.75. The van der Waals surface area contributed by atoms with Crippen LogP contribution >= 0.6 is 0 Å². The van der Waals surface area contributed by atoms with E-state index in [4.69, 9.17) is 4.74 Å². The summed E-state index contributed by atoms with van der Waals surface area (Å²) in [6.45, 7) is 11.0. The standard InChI is InChI=1S/C32H34F4N6O4/c1-16(2)24-26(18(27(35)36)10-11-37-24)42-29-19(14-21(34)25(38-29)23-20(33)8-7-9-22(23)43)28(39-30(42)44)41-13-12-40(15-17(41)3)31(45)46-32(4,5)6/h7-11,14,16-17,27,43H,12-13,15H2,1-6H3/t17-/m0/s1. The Balaban J connectivity index is 1.78. The molecule has 1 aliphatic heterocycles. The molecule has 4 heterocycles. The second kappa shape index (κ2) is 12.2. The Labute approximate surface area is 262 Å². The largest absolute Gasteiger partial charge is 0.507 e. The number of alkyl halides is 2. The van der Waals surface area contributed by atoms with Crippen molar-refractivity contribution in [2.75, 3.05) is 24.5 Å². The van der Waals surface area contributed by atoms with E-state index < -0.39 is 70.0 Å². The topological polar surface area (TPSA) is 114 Å². The van der Waals surface area contributed by atoms with Crippen molar-refractivity contribution in [2.24, 2.45) is 0 Å². The highest BCUT2D eigenvalue weighted by molar-refractivity contribution is 5.91. The number of phenols is 1. The first-order chi connectivity index (χ1) is 21.6. The Morgan fingerprint density at radius 2 is 1.80 bits per heavy atom. The number of phenolic OH excluding ortho intramolecular Hbond substituents is 1. The second-order valence-corrected chi connectivity index (χ2v) is 12.4. The van der Waals surface area contributed by atoms with Gasteiger partial charge in [-0.1, -0.05) is 19.9 Å². The lowest BCUT2D eigenvalue weighted by atomic mass is 10.0. The van der Waals surface area contributed by atoms with Crippen LogP contribution in [0.3, 0.4) is 0 Å². The maximum Gasteiger partial charge on any atom is 0.410 e. The van der Waals surface area contributed by atoms with Gasteiger partial charge in [0.05, 0.1) is 22.3 Å². The van der Waals surface area contributed by atoms with Crippen LogP contribution in [0.2, 0.25) is 0 Å². The fourth-order valence-corrected chi connectivity index (χ4v) is 5.54. The normalized spacial score (nSPS) is 15.7. The highest BCUT2D eigenvalue weighted by Crippen LogP contribution is 2.38. The van der Waals surface area contributed by atoms with Crippen LogP contribution in [0, 0.1) is 11.6 Å². The molecule has 1 saturated heterocycles. The number of pyridine rings is 2. The van der Waals surface area contributed by atoms with Gasteiger partial charge in [-0.3, -0.25) is 4.98 Å². The molecule has 0 radical (unpaired) electrons. The van der Waals surface area contributed by atoms with Gasteiger partial charge in [-0.15, -0.1) is 0 Å². The van der Waals surface area contributed by atoms with E-state index in [0.29, 0.717) is 0 Å². The lowest BCUT2D eigenvalue weighted by Crippen LogP contribution is -2.55. The molecule has 1 amide bonds. The molecule has 244 valence electrons. The molecule has 0 saturated carbocycles. The van der Waals surface area contributed by atoms with Gasteiger partial charge in [-0.25, -0.2) is 36.7 Å². The van der Waals surface area contributed by atoms with Crippen molar-refractivity contribution in [1.29, 1.82) is 0 Å². The van der Waals surface area contributed by atoms with Gasteiger partial charge in [0.1, 0.15) is 28.7 Å². The van der Waals surface area contributed by atoms with Crippen molar-refractivity contribution in [3.05, 3.63) is 69.9 Å². The first kappa shape index (κ1) is 32.6. The fraction of sp³-hybridized carbons (Fsp3) is 0.406. The predicted molar refractivity (Wildman–Crippen MR) is 164 cm³/mol. The molecule has 1 N–H and O–H groups in total. The summed E-state index contributed by atoms with van der Waals surface area (Å²) in [7, 11) is 0. The van der Waals surface area contributed by atoms with Gasteiger partial charge in [0.25, 0.3) is 6.43 Å². The van der Waals surface area contributed by atoms with Crippen LogP contribution in [0.25, 0.3) is 28.0 Å². The number of anilines is 1. The first-order valence-electron chi connectivity index (χ1n) is 14.7. The molecule has 0 unspecified atom stereocenters. The Morgan fingerprint density at radius 3 is 2.41 bits per heavy atom. The van der Waals surface area contributed by atoms with Gasteiger partial charge in [0.2, 0.25) is 0 Å². The number of aromatic hydroxyl groups is 1. The molecule has 0 bridgehead atoms. The summed E-state index contributed by atoms with van der Waals surface area (Å²) in [6, 6.07) is 4.98. The summed E-state index contributed by atoms with van der Waals surface area (Å²) in [5.74, 6) is -3.09. The maximum absolute atomic E-state index is 15.9. The van der Waals surface area contributed by atoms with Crippen molar-refractivity contribution in [2.45, 2.75) is 65.5 Å². The van der Waals surface area contributed by atoms with Crippen LogP contribution < -0.4 is 10.6 Å². The minimum atomic E-state index is -3.03. The lowest BCUT2D eigenvalue weighted by molar-refractivity contribution is 0.0218. The summed E-state index contributed by atoms with van der Waals surface area (Å²) in [4.78, 5) is 42.8. The molecule has 0 spiro atoms. The molecule has 4 aromatic rings. The molecular weight excluding hydrogens is 608 g/mol. The third-order valence-electron chi connectivity index (χ3n) is 7.57. The van der Waals surface area contributed by atoms with Crippen LogP contribution in [-0.2, 0) is 4.74 Å². The van der Waals surface area contributed by atoms with E-state index in [0.717, 1.165) is 28.8 Å². The second-order valence-electron chi connectivity index (χ2n) is 12.4. The number of rotatable bonds is 5. The van der Waals surface area contributed by atoms with Gasteiger partial charge in [0.15, 0.2) is 11.5 Å². The number of nitrogens with zero attached hydrogens (tertiary/aromatic N) is 6. The van der Waals surface area contributed by atoms with Crippen molar-refractivity contribution in [3.8, 4) is 22.7 Å². The minimum absolute atomic E-state index is 0.00289. The van der Waals surface area contributed by atoms with Gasteiger partial charge < -0.3 is 19.6 Å². The molecular formula is C32H34F4N6O4. The van der Waals surface area contributed by atoms with Crippen LogP contribution in [0.15, 0.2) is 41.3 Å². The van der Waals surface area contributed by atoms with E-state index in [1.807, 2.05) is 0 Å². The highest BCUT2D eigenvalue weighted by atomic mass is 19.3. The van der Waals surface area contributed by atoms with Crippen LogP contribution in [0.1, 0.15) is 65.1 Å². The molecule has 1 aliphatic rings. The zero-order valence-corrected chi connectivity index (χ0v) is 26.2. The van der Waals surface area contributed by atoms with E-state index in [2.05, 4.69) is 15.0 Å². The SMILES string of the molecule is CC(C)c1nccc(C(F)F)c1-n1c(=O)nc(N2CCN(C(=O)OC(C)(C)C)C[C@@H]2C)c2cc(F)c(-c3c(O)cccc3F)nc21. The molecule has 1 fully saturated rings. The Bertz CT molecular complexity index is 1830. The zero-order chi connectivity index (χ0) is 33.7. The number of benzene rings is 1. The van der Waals surface area contributed by atoms with Gasteiger partial charge in [-0.2, -0.15) is 4.98 Å². The Morgan fingerprint density at radius 1 is 1.09 bits per heavy atom. The number of aromatic nitrogens is 4. The van der Waals surface area contributed by atoms with E-state index in [-0.39, 0.29) is 47.9 Å². The third kappa shape index (κ3) is 6.07. The molecule has 5 rings (SSSR count). The molecule has 46 heavy (non-hydrogen) atoms. The summed E-state index contributed by atoms with van der Waals surface area (Å²) in [5.41, 5.74) is -3.89. The molecule has 10 nitrogen and oxygen atoms in total. The number of hydrogen-bond acceptors (Lipinski definition) is 8. The van der Waals surface area contributed by atoms with Crippen molar-refractivity contribution >= 4 is 22.9 Å². The predicted octanol–water partition coefficient (Wildman–Crippen LogP) is 6.33. The van der Waals surface area contributed by atoms with Crippen molar-refractivity contribution in [1.82, 2.24) is 24.4 Å². The number of carbonyl (C=O) groups excluding carboxylic acids is 1. The monoisotopic (exact) mass is 642 g/mol. The molecule has 0 aliphatic carbocycles. The smallest absolute Gasteiger partial charge is 0.410 e. The van der Waals surface area contributed by atoms with Crippen LogP contribution in [0.5, 0.6) is 5.75 Å². The third-order valence-corrected chi connectivity index (χ3v) is 7.57. The Kier molecular flexibility index (Phi) is 8.67. The van der Waals surface area contributed by atoms with Gasteiger partial charge >= 0.3 is 11.8 Å². The summed E-state index contributed by atoms with van der Waals surface area (Å²) >= 11 is 0. The fourth-order valence-electron chi connectivity index (χ4n) is 5.54. The van der Waals surface area contributed by atoms with E-state index in [1.165, 1.54) is 17.2 Å². The van der Waals surface area contributed by atoms with Crippen molar-refractivity contribution < 1.29 is 32.2 Å². The average Bonchev–Trinajstić information content (AvgIpc) is 2.96. The van der Waals surface area contributed by atoms with Crippen LogP contribution in [-0.4, -0.2) is 66.9 Å². The number of hydrogen-bond donors (Lipinski definition) is 1. The maximum atomic E-state index is 15.9. The average molecular weight is 643 g/mol. The summed E-state index contributed by atoms with van der Waals surface area (Å²) in [6.07, 6.45) is -2.35. The number of ether oxygens (including phenoxy) is 1. The number of amides is 1. The molecule has 1 aromatic carbocycles. The van der Waals surface area contributed by atoms with E-state index in [9.17, 15) is 27.9 Å². The summed E-state index contributed by atoms with van der Waals surface area (Å²) in [5, 5.41) is 10.4. The molecule has 3 aromatic heterocycles. The molecule has 1 atom stereocenters. The van der Waals surface area contributed by atoms with E-state index in [1.54, 1.807) is 46.4 Å². The lowest BCUT2D eigenvalue weighted by Gasteiger charge is -2.41. The number of halogens is 4. The minimum Gasteiger partial charge on any atom is -0.507 e. The zero-order valence-electron chi connectivity index (χ0n) is 26.2.